The van der Waals surface area contributed by atoms with Crippen LogP contribution in [0.4, 0.5) is 0 Å². The fourth-order valence-corrected chi connectivity index (χ4v) is 4.62. The first kappa shape index (κ1) is 28.0. The van der Waals surface area contributed by atoms with Crippen molar-refractivity contribution in [3.05, 3.63) is 149 Å². The topological polar surface area (TPSA) is 55.8 Å². The number of rotatable bonds is 10. The summed E-state index contributed by atoms with van der Waals surface area (Å²) in [4.78, 5) is 10.7. The van der Waals surface area contributed by atoms with Gasteiger partial charge in [0.1, 0.15) is 18.1 Å². The van der Waals surface area contributed by atoms with Crippen molar-refractivity contribution in [2.45, 2.75) is 0 Å². The van der Waals surface area contributed by atoms with Crippen molar-refractivity contribution >= 4 is 34.7 Å². The Hall–Kier alpha value is -4.51. The van der Waals surface area contributed by atoms with Crippen LogP contribution in [0, 0.1) is 0 Å². The molecule has 0 radical (unpaired) electrons. The molecule has 0 atom stereocenters. The number of ether oxygens (including phenoxy) is 2. The number of halogens is 2. The van der Waals surface area contributed by atoms with Gasteiger partial charge in [-0.1, -0.05) is 96.0 Å². The van der Waals surface area contributed by atoms with Gasteiger partial charge in [-0.2, -0.15) is 0 Å². The number of benzene rings is 5. The summed E-state index contributed by atoms with van der Waals surface area (Å²) >= 11 is 12.1. The second-order valence-corrected chi connectivity index (χ2v) is 10.1. The molecule has 0 bridgehead atoms. The molecule has 0 spiro atoms. The summed E-state index contributed by atoms with van der Waals surface area (Å²) < 4.78 is 11.2. The van der Waals surface area contributed by atoms with Crippen LogP contribution in [0.3, 0.4) is 0 Å². The summed E-state index contributed by atoms with van der Waals surface area (Å²) in [6, 6.07) is 39.3. The first-order valence-corrected chi connectivity index (χ1v) is 13.7. The van der Waals surface area contributed by atoms with Gasteiger partial charge in [0.15, 0.2) is 6.61 Å². The molecule has 1 N–H and O–H groups in total. The van der Waals surface area contributed by atoms with E-state index >= 15 is 0 Å². The van der Waals surface area contributed by atoms with E-state index in [-0.39, 0.29) is 6.61 Å². The molecule has 204 valence electrons. The van der Waals surface area contributed by atoms with Crippen LogP contribution < -0.4 is 9.47 Å². The monoisotopic (exact) mass is 580 g/mol. The third-order valence-electron chi connectivity index (χ3n) is 6.47. The second-order valence-electron chi connectivity index (χ2n) is 9.25. The van der Waals surface area contributed by atoms with Gasteiger partial charge in [-0.15, -0.1) is 0 Å². The van der Waals surface area contributed by atoms with Gasteiger partial charge in [0.05, 0.1) is 0 Å². The highest BCUT2D eigenvalue weighted by Crippen LogP contribution is 2.30. The molecule has 0 aromatic heterocycles. The normalized spacial score (nSPS) is 10.6. The quantitative estimate of drug-likeness (QED) is 0.179. The van der Waals surface area contributed by atoms with Crippen molar-refractivity contribution in [1.29, 1.82) is 0 Å². The molecule has 0 fully saturated rings. The molecule has 41 heavy (non-hydrogen) atoms. The van der Waals surface area contributed by atoms with Gasteiger partial charge in [0, 0.05) is 10.0 Å². The predicted octanol–water partition coefficient (Wildman–Crippen LogP) is 9.30. The number of hydrogen-bond acceptors (Lipinski definition) is 3. The standard InChI is InChI=1S/C35H26Cl2O4/c36-30-13-9-26(10-14-30)24-1-5-28(6-2-24)34(21-22-40-32-17-19-33(20-18-32)41-23-35(38)39)29-7-3-25(4-8-29)27-11-15-31(37)16-12-27/h1-21H,22-23H2,(H,38,39). The van der Waals surface area contributed by atoms with E-state index < -0.39 is 5.97 Å². The Bertz CT molecular complexity index is 1530. The highest BCUT2D eigenvalue weighted by Gasteiger charge is 2.08. The molecule has 0 amide bonds. The van der Waals surface area contributed by atoms with Crippen molar-refractivity contribution in [2.24, 2.45) is 0 Å². The first-order chi connectivity index (χ1) is 19.9. The van der Waals surface area contributed by atoms with Gasteiger partial charge in [-0.05, 0) is 93.6 Å². The van der Waals surface area contributed by atoms with E-state index in [0.29, 0.717) is 28.2 Å². The lowest BCUT2D eigenvalue weighted by molar-refractivity contribution is -0.139. The molecule has 5 aromatic rings. The van der Waals surface area contributed by atoms with Crippen LogP contribution in [0.15, 0.2) is 127 Å². The van der Waals surface area contributed by atoms with Crippen molar-refractivity contribution in [2.75, 3.05) is 13.2 Å². The molecule has 0 aliphatic carbocycles. The van der Waals surface area contributed by atoms with E-state index in [4.69, 9.17) is 37.8 Å². The highest BCUT2D eigenvalue weighted by atomic mass is 35.5. The zero-order valence-corrected chi connectivity index (χ0v) is 23.5. The third kappa shape index (κ3) is 7.57. The zero-order valence-electron chi connectivity index (χ0n) is 22.0. The van der Waals surface area contributed by atoms with Crippen LogP contribution in [0.1, 0.15) is 11.1 Å². The summed E-state index contributed by atoms with van der Waals surface area (Å²) in [5.41, 5.74) is 7.55. The maximum absolute atomic E-state index is 10.7. The van der Waals surface area contributed by atoms with Crippen LogP contribution in [-0.2, 0) is 4.79 Å². The Morgan fingerprint density at radius 2 is 0.927 bits per heavy atom. The lowest BCUT2D eigenvalue weighted by Crippen LogP contribution is -2.09. The minimum absolute atomic E-state index is 0.336. The van der Waals surface area contributed by atoms with E-state index in [9.17, 15) is 4.79 Å². The Morgan fingerprint density at radius 3 is 1.32 bits per heavy atom. The van der Waals surface area contributed by atoms with E-state index in [2.05, 4.69) is 54.6 Å². The van der Waals surface area contributed by atoms with Gasteiger partial charge in [0.2, 0.25) is 0 Å². The molecule has 0 aliphatic rings. The number of aliphatic carboxylic acids is 1. The maximum atomic E-state index is 10.7. The second kappa shape index (κ2) is 13.2. The van der Waals surface area contributed by atoms with Crippen LogP contribution in [0.25, 0.3) is 27.8 Å². The molecule has 4 nitrogen and oxygen atoms in total. The molecule has 5 aromatic carbocycles. The summed E-state index contributed by atoms with van der Waals surface area (Å²) in [5.74, 6) is 0.0994. The van der Waals surface area contributed by atoms with Crippen LogP contribution in [0.2, 0.25) is 10.0 Å². The molecule has 0 unspecified atom stereocenters. The first-order valence-electron chi connectivity index (χ1n) is 12.9. The molecule has 0 heterocycles. The maximum Gasteiger partial charge on any atom is 0.341 e. The number of carboxylic acid groups (broad SMARTS) is 1. The smallest absolute Gasteiger partial charge is 0.341 e. The van der Waals surface area contributed by atoms with E-state index in [0.717, 1.165) is 39.0 Å². The van der Waals surface area contributed by atoms with Gasteiger partial charge >= 0.3 is 5.97 Å². The Morgan fingerprint density at radius 1 is 0.561 bits per heavy atom. The number of carboxylic acids is 1. The van der Waals surface area contributed by atoms with Crippen LogP contribution in [-0.4, -0.2) is 24.3 Å². The van der Waals surface area contributed by atoms with E-state index in [1.165, 1.54) is 0 Å². The SMILES string of the molecule is O=C(O)COc1ccc(OCC=C(c2ccc(-c3ccc(Cl)cc3)cc2)c2ccc(-c3ccc(Cl)cc3)cc2)cc1. The van der Waals surface area contributed by atoms with Crippen molar-refractivity contribution < 1.29 is 19.4 Å². The number of carbonyl (C=O) groups is 1. The summed E-state index contributed by atoms with van der Waals surface area (Å²) in [6.45, 7) is -0.0531. The summed E-state index contributed by atoms with van der Waals surface area (Å²) in [7, 11) is 0. The molecule has 5 rings (SSSR count). The van der Waals surface area contributed by atoms with Crippen molar-refractivity contribution in [1.82, 2.24) is 0 Å². The summed E-state index contributed by atoms with van der Waals surface area (Å²) in [6.07, 6.45) is 2.06. The van der Waals surface area contributed by atoms with Crippen LogP contribution >= 0.6 is 23.2 Å². The molecular weight excluding hydrogens is 555 g/mol. The molecular formula is C35H26Cl2O4. The lowest BCUT2D eigenvalue weighted by atomic mass is 9.94. The van der Waals surface area contributed by atoms with Crippen LogP contribution in [0.5, 0.6) is 11.5 Å². The molecule has 0 saturated carbocycles. The van der Waals surface area contributed by atoms with Gasteiger partial charge in [-0.25, -0.2) is 4.79 Å². The predicted molar refractivity (Wildman–Crippen MR) is 166 cm³/mol. The average Bonchev–Trinajstić information content (AvgIpc) is 3.00. The minimum Gasteiger partial charge on any atom is -0.490 e. The van der Waals surface area contributed by atoms with Gasteiger partial charge in [0.25, 0.3) is 0 Å². The largest absolute Gasteiger partial charge is 0.490 e. The van der Waals surface area contributed by atoms with Crippen molar-refractivity contribution in [3.63, 3.8) is 0 Å². The fourth-order valence-electron chi connectivity index (χ4n) is 4.37. The third-order valence-corrected chi connectivity index (χ3v) is 6.97. The lowest BCUT2D eigenvalue weighted by Gasteiger charge is -2.12. The molecule has 0 saturated heterocycles. The Labute approximate surface area is 249 Å². The molecule has 0 aliphatic heterocycles. The Balaban J connectivity index is 1.38. The van der Waals surface area contributed by atoms with Gasteiger partial charge in [-0.3, -0.25) is 0 Å². The van der Waals surface area contributed by atoms with Crippen molar-refractivity contribution in [3.8, 4) is 33.8 Å². The number of hydrogen-bond donors (Lipinski definition) is 1. The zero-order chi connectivity index (χ0) is 28.6. The van der Waals surface area contributed by atoms with E-state index in [1.54, 1.807) is 24.3 Å². The van der Waals surface area contributed by atoms with Gasteiger partial charge < -0.3 is 14.6 Å². The highest BCUT2D eigenvalue weighted by molar-refractivity contribution is 6.30. The Kier molecular flexibility index (Phi) is 9.05. The fraction of sp³-hybridized carbons (Fsp3) is 0.0571. The molecule has 6 heteroatoms. The summed E-state index contributed by atoms with van der Waals surface area (Å²) in [5, 5.41) is 10.2. The van der Waals surface area contributed by atoms with E-state index in [1.807, 2.05) is 48.5 Å². The average molecular weight is 581 g/mol. The minimum atomic E-state index is -1.02.